The summed E-state index contributed by atoms with van der Waals surface area (Å²) in [7, 11) is -0.765. The Kier molecular flexibility index (Phi) is 9.10. The number of hydrogen-bond donors (Lipinski definition) is 0. The number of hydrogen-bond acceptors (Lipinski definition) is 0. The topological polar surface area (TPSA) is 0 Å². The fraction of sp³-hybridized carbons (Fsp3) is 0.714. The average molecular weight is 227 g/mol. The van der Waals surface area contributed by atoms with Crippen molar-refractivity contribution in [1.29, 1.82) is 0 Å². The Morgan fingerprint density at radius 3 is 1.53 bits per heavy atom. The van der Waals surface area contributed by atoms with Crippen molar-refractivity contribution in [2.75, 3.05) is 24.6 Å². The van der Waals surface area contributed by atoms with Gasteiger partial charge >= 0.3 is 0 Å². The first-order chi connectivity index (χ1) is 7.24. The maximum atomic E-state index is 3.94. The van der Waals surface area contributed by atoms with Crippen molar-refractivity contribution >= 4 is 7.26 Å². The van der Waals surface area contributed by atoms with E-state index in [1.165, 1.54) is 50.3 Å². The van der Waals surface area contributed by atoms with Crippen LogP contribution >= 0.6 is 7.26 Å². The van der Waals surface area contributed by atoms with E-state index in [1.807, 2.05) is 0 Å². The van der Waals surface area contributed by atoms with Gasteiger partial charge in [0.15, 0.2) is 0 Å². The van der Waals surface area contributed by atoms with Crippen molar-refractivity contribution in [3.8, 4) is 0 Å². The third kappa shape index (κ3) is 6.15. The van der Waals surface area contributed by atoms with Crippen LogP contribution in [0.3, 0.4) is 0 Å². The SMILES string of the molecule is C=CC[P+](CC=C)(CCCC)CCCC. The first-order valence-corrected chi connectivity index (χ1v) is 8.84. The predicted octanol–water partition coefficient (Wildman–Crippen LogP) is 4.98. The van der Waals surface area contributed by atoms with Gasteiger partial charge in [0.05, 0.1) is 24.6 Å². The van der Waals surface area contributed by atoms with Gasteiger partial charge in [-0.1, -0.05) is 52.0 Å². The van der Waals surface area contributed by atoms with Crippen LogP contribution in [0.15, 0.2) is 25.3 Å². The quantitative estimate of drug-likeness (QED) is 0.365. The maximum absolute atomic E-state index is 3.94. The largest absolute Gasteiger partial charge is 0.0995 e. The molecule has 0 aliphatic rings. The minimum Gasteiger partial charge on any atom is -0.0995 e. The van der Waals surface area contributed by atoms with Crippen LogP contribution in [0.2, 0.25) is 0 Å². The van der Waals surface area contributed by atoms with Gasteiger partial charge in [0.2, 0.25) is 0 Å². The molecule has 0 amide bonds. The summed E-state index contributed by atoms with van der Waals surface area (Å²) in [6.45, 7) is 12.5. The predicted molar refractivity (Wildman–Crippen MR) is 76.6 cm³/mol. The zero-order valence-electron chi connectivity index (χ0n) is 10.7. The van der Waals surface area contributed by atoms with Gasteiger partial charge < -0.3 is 0 Å². The summed E-state index contributed by atoms with van der Waals surface area (Å²) in [5.74, 6) is 0. The lowest BCUT2D eigenvalue weighted by molar-refractivity contribution is 0.859. The first-order valence-electron chi connectivity index (χ1n) is 6.31. The van der Waals surface area contributed by atoms with Crippen LogP contribution in [-0.2, 0) is 0 Å². The molecule has 0 saturated heterocycles. The molecule has 0 aliphatic carbocycles. The molecule has 0 aromatic carbocycles. The lowest BCUT2D eigenvalue weighted by Gasteiger charge is -2.25. The molecule has 0 saturated carbocycles. The maximum Gasteiger partial charge on any atom is 0.0774 e. The Morgan fingerprint density at radius 2 is 1.27 bits per heavy atom. The summed E-state index contributed by atoms with van der Waals surface area (Å²) in [6, 6.07) is 0. The van der Waals surface area contributed by atoms with Crippen LogP contribution in [0.4, 0.5) is 0 Å². The number of allylic oxidation sites excluding steroid dienone is 2. The highest BCUT2D eigenvalue weighted by atomic mass is 31.2. The van der Waals surface area contributed by atoms with Crippen LogP contribution in [0, 0.1) is 0 Å². The second kappa shape index (κ2) is 9.16. The molecule has 0 bridgehead atoms. The van der Waals surface area contributed by atoms with Crippen LogP contribution in [0.1, 0.15) is 39.5 Å². The minimum absolute atomic E-state index is 0.765. The highest BCUT2D eigenvalue weighted by Crippen LogP contribution is 2.60. The molecule has 0 radical (unpaired) electrons. The van der Waals surface area contributed by atoms with Gasteiger partial charge in [-0.2, -0.15) is 0 Å². The van der Waals surface area contributed by atoms with E-state index in [1.54, 1.807) is 0 Å². The Morgan fingerprint density at radius 1 is 0.867 bits per heavy atom. The van der Waals surface area contributed by atoms with Crippen molar-refractivity contribution in [2.24, 2.45) is 0 Å². The molecule has 0 N–H and O–H groups in total. The Balaban J connectivity index is 4.38. The van der Waals surface area contributed by atoms with E-state index in [2.05, 4.69) is 39.2 Å². The summed E-state index contributed by atoms with van der Waals surface area (Å²) < 4.78 is 0. The van der Waals surface area contributed by atoms with Gasteiger partial charge in [-0.3, -0.25) is 0 Å². The standard InChI is InChI=1S/C14H28P/c1-5-9-13-15(11-7-3,12-8-4)14-10-6-2/h7-8H,3-6,9-14H2,1-2H3/q+1. The zero-order chi connectivity index (χ0) is 11.6. The molecule has 0 heterocycles. The molecule has 0 nitrogen and oxygen atoms in total. The summed E-state index contributed by atoms with van der Waals surface area (Å²) >= 11 is 0. The van der Waals surface area contributed by atoms with Crippen molar-refractivity contribution in [2.45, 2.75) is 39.5 Å². The van der Waals surface area contributed by atoms with Crippen LogP contribution in [0.5, 0.6) is 0 Å². The fourth-order valence-corrected chi connectivity index (χ4v) is 6.26. The third-order valence-corrected chi connectivity index (χ3v) is 7.60. The highest BCUT2D eigenvalue weighted by molar-refractivity contribution is 7.76. The van der Waals surface area contributed by atoms with E-state index in [-0.39, 0.29) is 0 Å². The van der Waals surface area contributed by atoms with E-state index in [9.17, 15) is 0 Å². The van der Waals surface area contributed by atoms with Crippen molar-refractivity contribution in [3.05, 3.63) is 25.3 Å². The number of rotatable bonds is 10. The third-order valence-electron chi connectivity index (χ3n) is 3.00. The molecule has 88 valence electrons. The van der Waals surface area contributed by atoms with Gasteiger partial charge in [0.25, 0.3) is 0 Å². The van der Waals surface area contributed by atoms with Crippen molar-refractivity contribution < 1.29 is 0 Å². The first kappa shape index (κ1) is 14.9. The molecule has 1 heteroatoms. The van der Waals surface area contributed by atoms with E-state index >= 15 is 0 Å². The van der Waals surface area contributed by atoms with Crippen LogP contribution in [0.25, 0.3) is 0 Å². The molecule has 0 fully saturated rings. The van der Waals surface area contributed by atoms with Gasteiger partial charge in [0.1, 0.15) is 0 Å². The molecule has 0 unspecified atom stereocenters. The van der Waals surface area contributed by atoms with Gasteiger partial charge in [-0.05, 0) is 12.8 Å². The van der Waals surface area contributed by atoms with Gasteiger partial charge in [-0.15, -0.1) is 0 Å². The Bertz CT molecular complexity index is 152. The fourth-order valence-electron chi connectivity index (χ4n) is 2.09. The molecule has 0 aliphatic heterocycles. The molecular weight excluding hydrogens is 199 g/mol. The molecule has 0 spiro atoms. The Labute approximate surface area is 97.2 Å². The van der Waals surface area contributed by atoms with Crippen LogP contribution < -0.4 is 0 Å². The average Bonchev–Trinajstić information content (AvgIpc) is 2.24. The van der Waals surface area contributed by atoms with E-state index in [0.29, 0.717) is 0 Å². The Hall–Kier alpha value is -0.0900. The second-order valence-corrected chi connectivity index (χ2v) is 8.75. The number of unbranched alkanes of at least 4 members (excludes halogenated alkanes) is 2. The normalized spacial score (nSPS) is 11.3. The molecule has 0 atom stereocenters. The minimum atomic E-state index is -0.765. The molecular formula is C14H28P+. The monoisotopic (exact) mass is 227 g/mol. The van der Waals surface area contributed by atoms with E-state index in [4.69, 9.17) is 0 Å². The lowest BCUT2D eigenvalue weighted by Crippen LogP contribution is -2.10. The molecule has 0 rings (SSSR count). The second-order valence-electron chi connectivity index (χ2n) is 4.44. The summed E-state index contributed by atoms with van der Waals surface area (Å²) in [5.41, 5.74) is 0. The van der Waals surface area contributed by atoms with Crippen molar-refractivity contribution in [3.63, 3.8) is 0 Å². The highest BCUT2D eigenvalue weighted by Gasteiger charge is 2.32. The zero-order valence-corrected chi connectivity index (χ0v) is 11.6. The molecule has 15 heavy (non-hydrogen) atoms. The van der Waals surface area contributed by atoms with Crippen molar-refractivity contribution in [1.82, 2.24) is 0 Å². The van der Waals surface area contributed by atoms with E-state index < -0.39 is 7.26 Å². The molecule has 0 aromatic rings. The van der Waals surface area contributed by atoms with Gasteiger partial charge in [0, 0.05) is 7.26 Å². The molecule has 0 aromatic heterocycles. The summed E-state index contributed by atoms with van der Waals surface area (Å²) in [4.78, 5) is 0. The lowest BCUT2D eigenvalue weighted by atomic mass is 10.4. The summed E-state index contributed by atoms with van der Waals surface area (Å²) in [6.07, 6.45) is 15.1. The van der Waals surface area contributed by atoms with E-state index in [0.717, 1.165) is 0 Å². The van der Waals surface area contributed by atoms with Crippen LogP contribution in [-0.4, -0.2) is 24.6 Å². The van der Waals surface area contributed by atoms with Gasteiger partial charge in [-0.25, -0.2) is 0 Å². The smallest absolute Gasteiger partial charge is 0.0774 e. The summed E-state index contributed by atoms with van der Waals surface area (Å²) in [5, 5.41) is 0.